The zero-order chi connectivity index (χ0) is 13.4. The standard InChI is InChI=1S/C16H24OSe/c1-14(2)8-7-9-15(3)12-13-18(17)16-10-5-4-6-11-16/h4-6,8,10-11,15H,7,9,12-13H2,1-3H3/t15-,18?/m0/s1. The Morgan fingerprint density at radius 2 is 1.89 bits per heavy atom. The minimum atomic E-state index is -1.80. The van der Waals surface area contributed by atoms with Gasteiger partial charge in [-0.25, -0.2) is 0 Å². The molecule has 0 aromatic heterocycles. The van der Waals surface area contributed by atoms with Gasteiger partial charge in [-0.1, -0.05) is 0 Å². The van der Waals surface area contributed by atoms with Crippen molar-refractivity contribution in [2.45, 2.75) is 45.4 Å². The van der Waals surface area contributed by atoms with Crippen LogP contribution >= 0.6 is 0 Å². The number of allylic oxidation sites excluding steroid dienone is 2. The third kappa shape index (κ3) is 6.28. The van der Waals surface area contributed by atoms with Crippen LogP contribution in [0.2, 0.25) is 5.32 Å². The van der Waals surface area contributed by atoms with Crippen LogP contribution in [-0.4, -0.2) is 13.8 Å². The van der Waals surface area contributed by atoms with E-state index in [9.17, 15) is 3.83 Å². The van der Waals surface area contributed by atoms with Gasteiger partial charge in [0.05, 0.1) is 0 Å². The van der Waals surface area contributed by atoms with E-state index in [-0.39, 0.29) is 0 Å². The molecular weight excluding hydrogens is 287 g/mol. The van der Waals surface area contributed by atoms with Gasteiger partial charge in [0, 0.05) is 0 Å². The van der Waals surface area contributed by atoms with Crippen LogP contribution in [0.15, 0.2) is 42.0 Å². The predicted octanol–water partition coefficient (Wildman–Crippen LogP) is 4.09. The van der Waals surface area contributed by atoms with Crippen LogP contribution in [0.1, 0.15) is 40.0 Å². The molecule has 0 bridgehead atoms. The van der Waals surface area contributed by atoms with Gasteiger partial charge in [-0.05, 0) is 0 Å². The maximum absolute atomic E-state index is 12.1. The molecule has 1 unspecified atom stereocenters. The molecule has 18 heavy (non-hydrogen) atoms. The summed E-state index contributed by atoms with van der Waals surface area (Å²) >= 11 is -1.80. The van der Waals surface area contributed by atoms with Crippen molar-refractivity contribution in [3.05, 3.63) is 42.0 Å². The molecule has 0 saturated carbocycles. The summed E-state index contributed by atoms with van der Waals surface area (Å²) in [7, 11) is 0. The molecule has 0 aliphatic rings. The molecule has 1 nitrogen and oxygen atoms in total. The summed E-state index contributed by atoms with van der Waals surface area (Å²) in [5.41, 5.74) is 1.39. The van der Waals surface area contributed by atoms with Crippen molar-refractivity contribution < 1.29 is 3.83 Å². The Bertz CT molecular complexity index is 391. The molecule has 1 aromatic rings. The van der Waals surface area contributed by atoms with Crippen molar-refractivity contribution in [2.24, 2.45) is 5.92 Å². The van der Waals surface area contributed by atoms with Crippen molar-refractivity contribution in [3.63, 3.8) is 0 Å². The van der Waals surface area contributed by atoms with Gasteiger partial charge >= 0.3 is 115 Å². The topological polar surface area (TPSA) is 17.1 Å². The Kier molecular flexibility index (Phi) is 7.15. The average molecular weight is 311 g/mol. The quantitative estimate of drug-likeness (QED) is 0.547. The van der Waals surface area contributed by atoms with Crippen molar-refractivity contribution >= 4 is 18.3 Å². The molecule has 1 aromatic carbocycles. The number of rotatable bonds is 7. The molecule has 2 heteroatoms. The molecule has 2 atom stereocenters. The summed E-state index contributed by atoms with van der Waals surface area (Å²) in [6, 6.07) is 9.91. The molecule has 0 fully saturated rings. The van der Waals surface area contributed by atoms with E-state index in [0.29, 0.717) is 5.92 Å². The molecule has 1 rings (SSSR count). The Labute approximate surface area is 115 Å². The first-order valence-electron chi connectivity index (χ1n) is 6.66. The van der Waals surface area contributed by atoms with Gasteiger partial charge in [0.1, 0.15) is 0 Å². The van der Waals surface area contributed by atoms with E-state index in [2.05, 4.69) is 26.8 Å². The van der Waals surface area contributed by atoms with E-state index in [1.807, 2.05) is 30.3 Å². The van der Waals surface area contributed by atoms with Gasteiger partial charge in [0.15, 0.2) is 0 Å². The second kappa shape index (κ2) is 8.39. The zero-order valence-electron chi connectivity index (χ0n) is 11.7. The van der Waals surface area contributed by atoms with Crippen molar-refractivity contribution in [1.29, 1.82) is 0 Å². The maximum atomic E-state index is 12.1. The molecule has 100 valence electrons. The second-order valence-electron chi connectivity index (χ2n) is 5.12. The summed E-state index contributed by atoms with van der Waals surface area (Å²) in [5, 5.41) is 0.875. The first-order chi connectivity index (χ1) is 8.59. The molecule has 0 heterocycles. The minimum absolute atomic E-state index is 0.671. The van der Waals surface area contributed by atoms with E-state index in [1.165, 1.54) is 12.0 Å². The van der Waals surface area contributed by atoms with Crippen molar-refractivity contribution in [1.82, 2.24) is 0 Å². The van der Waals surface area contributed by atoms with Crippen LogP contribution in [-0.2, 0) is 3.83 Å². The molecule has 0 saturated heterocycles. The van der Waals surface area contributed by atoms with Gasteiger partial charge in [0.2, 0.25) is 0 Å². The molecular formula is C16H24OSe. The van der Waals surface area contributed by atoms with Crippen LogP contribution in [0.5, 0.6) is 0 Å². The van der Waals surface area contributed by atoms with Gasteiger partial charge in [0.25, 0.3) is 0 Å². The SMILES string of the molecule is CC(C)=CCC[C@H](C)CC[Se](=O)c1ccccc1. The molecule has 0 aliphatic carbocycles. The molecule has 0 radical (unpaired) electrons. The van der Waals surface area contributed by atoms with Crippen LogP contribution in [0.4, 0.5) is 0 Å². The Hall–Kier alpha value is -0.721. The van der Waals surface area contributed by atoms with E-state index in [0.717, 1.165) is 22.6 Å². The molecule has 0 spiro atoms. The second-order valence-corrected chi connectivity index (χ2v) is 8.41. The Morgan fingerprint density at radius 3 is 2.50 bits per heavy atom. The van der Waals surface area contributed by atoms with Crippen LogP contribution in [0, 0.1) is 5.92 Å². The van der Waals surface area contributed by atoms with Crippen LogP contribution in [0.25, 0.3) is 0 Å². The van der Waals surface area contributed by atoms with Gasteiger partial charge < -0.3 is 0 Å². The zero-order valence-corrected chi connectivity index (χ0v) is 13.4. The normalized spacial score (nSPS) is 13.9. The molecule has 0 amide bonds. The van der Waals surface area contributed by atoms with E-state index < -0.39 is 13.8 Å². The van der Waals surface area contributed by atoms with E-state index >= 15 is 0 Å². The number of benzene rings is 1. The van der Waals surface area contributed by atoms with E-state index in [4.69, 9.17) is 0 Å². The summed E-state index contributed by atoms with van der Waals surface area (Å²) in [6.07, 6.45) is 5.73. The van der Waals surface area contributed by atoms with Crippen LogP contribution < -0.4 is 4.46 Å². The number of hydrogen-bond acceptors (Lipinski definition) is 1. The third-order valence-corrected chi connectivity index (χ3v) is 5.96. The molecule has 0 N–H and O–H groups in total. The molecule has 0 aliphatic heterocycles. The van der Waals surface area contributed by atoms with Gasteiger partial charge in [-0.15, -0.1) is 0 Å². The fraction of sp³-hybridized carbons (Fsp3) is 0.500. The summed E-state index contributed by atoms with van der Waals surface area (Å²) in [6.45, 7) is 6.54. The Balaban J connectivity index is 2.28. The monoisotopic (exact) mass is 312 g/mol. The average Bonchev–Trinajstić information content (AvgIpc) is 2.36. The first-order valence-corrected chi connectivity index (χ1v) is 9.43. The third-order valence-electron chi connectivity index (χ3n) is 3.01. The fourth-order valence-electron chi connectivity index (χ4n) is 1.80. The summed E-state index contributed by atoms with van der Waals surface area (Å²) in [4.78, 5) is 0. The fourth-order valence-corrected chi connectivity index (χ4v) is 4.55. The van der Waals surface area contributed by atoms with E-state index in [1.54, 1.807) is 0 Å². The van der Waals surface area contributed by atoms with Crippen molar-refractivity contribution in [2.75, 3.05) is 0 Å². The summed E-state index contributed by atoms with van der Waals surface area (Å²) in [5.74, 6) is 0.671. The van der Waals surface area contributed by atoms with Crippen molar-refractivity contribution in [3.8, 4) is 0 Å². The number of hydrogen-bond donors (Lipinski definition) is 0. The van der Waals surface area contributed by atoms with Gasteiger partial charge in [-0.3, -0.25) is 0 Å². The predicted molar refractivity (Wildman–Crippen MR) is 79.8 cm³/mol. The van der Waals surface area contributed by atoms with Crippen LogP contribution in [0.3, 0.4) is 0 Å². The first kappa shape index (κ1) is 15.3. The van der Waals surface area contributed by atoms with Gasteiger partial charge in [-0.2, -0.15) is 0 Å². The summed E-state index contributed by atoms with van der Waals surface area (Å²) < 4.78 is 13.2. The Morgan fingerprint density at radius 1 is 1.22 bits per heavy atom.